The Morgan fingerprint density at radius 2 is 1.64 bits per heavy atom. The number of benzene rings is 2. The van der Waals surface area contributed by atoms with Crippen molar-refractivity contribution in [2.24, 2.45) is 0 Å². The first-order valence-corrected chi connectivity index (χ1v) is 10.7. The average molecular weight is 408 g/mol. The number of carbonyl (C=O) groups is 1. The summed E-state index contributed by atoms with van der Waals surface area (Å²) in [6, 6.07) is 10.3. The molecule has 8 heteroatoms. The molecule has 0 spiro atoms. The number of nitrogens with one attached hydrogen (secondary N) is 2. The molecule has 0 heterocycles. The van der Waals surface area contributed by atoms with Crippen LogP contribution in [0.2, 0.25) is 0 Å². The van der Waals surface area contributed by atoms with E-state index in [1.807, 2.05) is 6.92 Å². The zero-order valence-electron chi connectivity index (χ0n) is 16.3. The van der Waals surface area contributed by atoms with Gasteiger partial charge in [-0.25, -0.2) is 12.8 Å². The SMILES string of the molecule is CCNc1ccc(S(=O)(=O)N(CC)CC)cc1NC(=O)Cc1ccc(F)cc1. The second-order valence-corrected chi connectivity index (χ2v) is 8.12. The second kappa shape index (κ2) is 9.66. The summed E-state index contributed by atoms with van der Waals surface area (Å²) in [5.74, 6) is -0.684. The lowest BCUT2D eigenvalue weighted by molar-refractivity contribution is -0.115. The topological polar surface area (TPSA) is 78.5 Å². The van der Waals surface area contributed by atoms with E-state index in [0.717, 1.165) is 0 Å². The van der Waals surface area contributed by atoms with Gasteiger partial charge in [0.1, 0.15) is 5.82 Å². The van der Waals surface area contributed by atoms with Crippen LogP contribution in [0.3, 0.4) is 0 Å². The summed E-state index contributed by atoms with van der Waals surface area (Å²) in [5.41, 5.74) is 1.69. The summed E-state index contributed by atoms with van der Waals surface area (Å²) < 4.78 is 39.9. The van der Waals surface area contributed by atoms with Gasteiger partial charge in [0.05, 0.1) is 22.7 Å². The Morgan fingerprint density at radius 1 is 1.00 bits per heavy atom. The minimum absolute atomic E-state index is 0.0544. The fourth-order valence-corrected chi connectivity index (χ4v) is 4.31. The monoisotopic (exact) mass is 407 g/mol. The fourth-order valence-electron chi connectivity index (χ4n) is 2.83. The Kier molecular flexibility index (Phi) is 7.53. The van der Waals surface area contributed by atoms with Gasteiger partial charge in [0, 0.05) is 19.6 Å². The van der Waals surface area contributed by atoms with Gasteiger partial charge in [0.25, 0.3) is 0 Å². The fraction of sp³-hybridized carbons (Fsp3) is 0.350. The van der Waals surface area contributed by atoms with E-state index >= 15 is 0 Å². The number of hydrogen-bond acceptors (Lipinski definition) is 4. The Balaban J connectivity index is 2.30. The maximum atomic E-state index is 13.0. The smallest absolute Gasteiger partial charge is 0.243 e. The highest BCUT2D eigenvalue weighted by molar-refractivity contribution is 7.89. The van der Waals surface area contributed by atoms with Crippen LogP contribution < -0.4 is 10.6 Å². The van der Waals surface area contributed by atoms with Crippen molar-refractivity contribution in [1.29, 1.82) is 0 Å². The summed E-state index contributed by atoms with van der Waals surface area (Å²) in [6.07, 6.45) is 0.0544. The van der Waals surface area contributed by atoms with Crippen molar-refractivity contribution in [3.63, 3.8) is 0 Å². The molecule has 2 rings (SSSR count). The Hall–Kier alpha value is -2.45. The number of sulfonamides is 1. The summed E-state index contributed by atoms with van der Waals surface area (Å²) in [6.45, 7) is 6.80. The lowest BCUT2D eigenvalue weighted by Crippen LogP contribution is -2.30. The molecule has 0 radical (unpaired) electrons. The third kappa shape index (κ3) is 5.30. The van der Waals surface area contributed by atoms with Gasteiger partial charge in [-0.15, -0.1) is 0 Å². The highest BCUT2D eigenvalue weighted by Crippen LogP contribution is 2.27. The molecule has 152 valence electrons. The van der Waals surface area contributed by atoms with Crippen molar-refractivity contribution in [3.8, 4) is 0 Å². The molecular weight excluding hydrogens is 381 g/mol. The van der Waals surface area contributed by atoms with Crippen LogP contribution in [0, 0.1) is 5.82 Å². The molecule has 0 unspecified atom stereocenters. The van der Waals surface area contributed by atoms with E-state index in [2.05, 4.69) is 10.6 Å². The van der Waals surface area contributed by atoms with E-state index in [1.165, 1.54) is 28.6 Å². The third-order valence-corrected chi connectivity index (χ3v) is 6.30. The first-order chi connectivity index (χ1) is 13.3. The van der Waals surface area contributed by atoms with E-state index in [1.54, 1.807) is 32.0 Å². The van der Waals surface area contributed by atoms with Crippen LogP contribution in [-0.2, 0) is 21.2 Å². The maximum Gasteiger partial charge on any atom is 0.243 e. The molecule has 28 heavy (non-hydrogen) atoms. The van der Waals surface area contributed by atoms with Gasteiger partial charge in [0.15, 0.2) is 0 Å². The first-order valence-electron chi connectivity index (χ1n) is 9.24. The number of hydrogen-bond donors (Lipinski definition) is 2. The van der Waals surface area contributed by atoms with Crippen molar-refractivity contribution in [3.05, 3.63) is 53.8 Å². The van der Waals surface area contributed by atoms with Crippen molar-refractivity contribution in [2.45, 2.75) is 32.1 Å². The van der Waals surface area contributed by atoms with Crippen LogP contribution in [0.25, 0.3) is 0 Å². The minimum Gasteiger partial charge on any atom is -0.384 e. The lowest BCUT2D eigenvalue weighted by atomic mass is 10.1. The van der Waals surface area contributed by atoms with Gasteiger partial charge in [0.2, 0.25) is 15.9 Å². The molecule has 2 aromatic rings. The van der Waals surface area contributed by atoms with Crippen LogP contribution in [0.4, 0.5) is 15.8 Å². The predicted molar refractivity (Wildman–Crippen MR) is 109 cm³/mol. The van der Waals surface area contributed by atoms with Gasteiger partial charge >= 0.3 is 0 Å². The highest BCUT2D eigenvalue weighted by Gasteiger charge is 2.23. The normalized spacial score (nSPS) is 11.5. The number of nitrogens with zero attached hydrogens (tertiary/aromatic N) is 1. The summed E-state index contributed by atoms with van der Waals surface area (Å²) in [5, 5.41) is 5.88. The summed E-state index contributed by atoms with van der Waals surface area (Å²) >= 11 is 0. The Morgan fingerprint density at radius 3 is 2.21 bits per heavy atom. The molecule has 0 saturated heterocycles. The predicted octanol–water partition coefficient (Wildman–Crippen LogP) is 3.47. The molecule has 0 atom stereocenters. The molecule has 6 nitrogen and oxygen atoms in total. The van der Waals surface area contributed by atoms with Crippen molar-refractivity contribution in [2.75, 3.05) is 30.3 Å². The van der Waals surface area contributed by atoms with Gasteiger partial charge in [-0.2, -0.15) is 4.31 Å². The quantitative estimate of drug-likeness (QED) is 0.667. The van der Waals surface area contributed by atoms with Crippen LogP contribution >= 0.6 is 0 Å². The van der Waals surface area contributed by atoms with E-state index in [-0.39, 0.29) is 23.0 Å². The maximum absolute atomic E-state index is 13.0. The lowest BCUT2D eigenvalue weighted by Gasteiger charge is -2.20. The number of halogens is 1. The van der Waals surface area contributed by atoms with Crippen LogP contribution in [0.15, 0.2) is 47.4 Å². The van der Waals surface area contributed by atoms with Crippen LogP contribution in [0.1, 0.15) is 26.3 Å². The Bertz CT molecular complexity index is 911. The molecule has 2 aromatic carbocycles. The second-order valence-electron chi connectivity index (χ2n) is 6.18. The largest absolute Gasteiger partial charge is 0.384 e. The van der Waals surface area contributed by atoms with Crippen molar-refractivity contribution in [1.82, 2.24) is 4.31 Å². The molecule has 0 bridgehead atoms. The van der Waals surface area contributed by atoms with E-state index in [4.69, 9.17) is 0 Å². The van der Waals surface area contributed by atoms with Gasteiger partial charge < -0.3 is 10.6 Å². The number of anilines is 2. The number of rotatable bonds is 9. The van der Waals surface area contributed by atoms with Crippen molar-refractivity contribution < 1.29 is 17.6 Å². The van der Waals surface area contributed by atoms with E-state index in [9.17, 15) is 17.6 Å². The standard InChI is InChI=1S/C20H26FN3O3S/c1-4-22-18-12-11-17(28(26,27)24(5-2)6-3)14-19(18)23-20(25)13-15-7-9-16(21)10-8-15/h7-12,14,22H,4-6,13H2,1-3H3,(H,23,25). The molecule has 0 aliphatic rings. The highest BCUT2D eigenvalue weighted by atomic mass is 32.2. The average Bonchev–Trinajstić information content (AvgIpc) is 2.66. The molecule has 2 N–H and O–H groups in total. The zero-order chi connectivity index (χ0) is 20.7. The molecule has 0 aromatic heterocycles. The number of carbonyl (C=O) groups excluding carboxylic acids is 1. The third-order valence-electron chi connectivity index (χ3n) is 4.25. The molecular formula is C20H26FN3O3S. The number of amides is 1. The summed E-state index contributed by atoms with van der Waals surface area (Å²) in [7, 11) is -3.64. The van der Waals surface area contributed by atoms with Crippen molar-refractivity contribution >= 4 is 27.3 Å². The molecule has 0 fully saturated rings. The van der Waals surface area contributed by atoms with Crippen LogP contribution in [-0.4, -0.2) is 38.3 Å². The van der Waals surface area contributed by atoms with E-state index < -0.39 is 10.0 Å². The molecule has 1 amide bonds. The molecule has 0 saturated carbocycles. The minimum atomic E-state index is -3.64. The van der Waals surface area contributed by atoms with Gasteiger partial charge in [-0.3, -0.25) is 4.79 Å². The van der Waals surface area contributed by atoms with Gasteiger partial charge in [-0.1, -0.05) is 26.0 Å². The van der Waals surface area contributed by atoms with Crippen LogP contribution in [0.5, 0.6) is 0 Å². The molecule has 0 aliphatic carbocycles. The zero-order valence-corrected chi connectivity index (χ0v) is 17.1. The van der Waals surface area contributed by atoms with Gasteiger partial charge in [-0.05, 0) is 42.8 Å². The Labute approximate surface area is 165 Å². The summed E-state index contributed by atoms with van der Waals surface area (Å²) in [4.78, 5) is 12.6. The van der Waals surface area contributed by atoms with E-state index in [0.29, 0.717) is 36.6 Å². The molecule has 0 aliphatic heterocycles. The first kappa shape index (κ1) is 21.8.